The second kappa shape index (κ2) is 10.2. The molecule has 0 aromatic rings. The molecule has 0 bridgehead atoms. The van der Waals surface area contributed by atoms with Crippen molar-refractivity contribution in [2.24, 2.45) is 0 Å². The lowest BCUT2D eigenvalue weighted by Crippen LogP contribution is -2.34. The molecule has 0 fully saturated rings. The minimum absolute atomic E-state index is 0.424. The molecule has 21 heavy (non-hydrogen) atoms. The van der Waals surface area contributed by atoms with Gasteiger partial charge in [-0.25, -0.2) is 4.79 Å². The molecule has 0 saturated heterocycles. The number of hydrogen-bond acceptors (Lipinski definition) is 5. The van der Waals surface area contributed by atoms with Crippen molar-refractivity contribution in [3.8, 4) is 0 Å². The first-order valence-corrected chi connectivity index (χ1v) is 10.8. The van der Waals surface area contributed by atoms with Gasteiger partial charge in [-0.15, -0.1) is 0 Å². The van der Waals surface area contributed by atoms with Crippen LogP contribution in [-0.4, -0.2) is 59.6 Å². The molecule has 126 valence electrons. The smallest absolute Gasteiger partial charge is 0.407 e. The van der Waals surface area contributed by atoms with Crippen LogP contribution in [0.2, 0.25) is 19.6 Å². The molecule has 0 heterocycles. The van der Waals surface area contributed by atoms with E-state index >= 15 is 0 Å². The van der Waals surface area contributed by atoms with E-state index in [-0.39, 0.29) is 0 Å². The lowest BCUT2D eigenvalue weighted by Gasteiger charge is -2.19. The van der Waals surface area contributed by atoms with Crippen LogP contribution < -0.4 is 5.32 Å². The van der Waals surface area contributed by atoms with Gasteiger partial charge in [-0.2, -0.15) is 0 Å². The molecule has 1 amide bonds. The summed E-state index contributed by atoms with van der Waals surface area (Å²) in [5.41, 5.74) is -0.475. The number of hydrogen-bond donors (Lipinski definition) is 1. The Bertz CT molecular complexity index is 286. The standard InChI is InChI=1S/C14H31NO5Si/c1-14(2,3)20-13(16)15-7-8-17-9-10-18-11-12-19-21(4,5)6/h7-12H2,1-6H3,(H,15,16). The molecule has 0 saturated carbocycles. The molecule has 0 aromatic heterocycles. The van der Waals surface area contributed by atoms with Gasteiger partial charge in [0.25, 0.3) is 0 Å². The fourth-order valence-electron chi connectivity index (χ4n) is 1.27. The van der Waals surface area contributed by atoms with Gasteiger partial charge in [-0.3, -0.25) is 0 Å². The third kappa shape index (κ3) is 17.3. The van der Waals surface area contributed by atoms with Crippen molar-refractivity contribution >= 4 is 14.4 Å². The van der Waals surface area contributed by atoms with Crippen LogP contribution in [0.4, 0.5) is 4.79 Å². The average molecular weight is 321 g/mol. The Morgan fingerprint density at radius 2 is 1.48 bits per heavy atom. The number of carbonyl (C=O) groups is 1. The lowest BCUT2D eigenvalue weighted by molar-refractivity contribution is 0.0321. The molecule has 0 aromatic carbocycles. The van der Waals surface area contributed by atoms with Crippen LogP contribution in [0.15, 0.2) is 0 Å². The first-order valence-electron chi connectivity index (χ1n) is 7.36. The SMILES string of the molecule is CC(C)(C)OC(=O)NCCOCCOCCO[Si](C)(C)C. The van der Waals surface area contributed by atoms with Gasteiger partial charge >= 0.3 is 6.09 Å². The summed E-state index contributed by atoms with van der Waals surface area (Å²) in [7, 11) is -1.43. The first kappa shape index (κ1) is 20.4. The summed E-state index contributed by atoms with van der Waals surface area (Å²) in [5, 5.41) is 2.62. The van der Waals surface area contributed by atoms with Gasteiger partial charge < -0.3 is 24.0 Å². The molecule has 0 aliphatic rings. The van der Waals surface area contributed by atoms with Gasteiger partial charge in [-0.05, 0) is 40.4 Å². The normalized spacial score (nSPS) is 12.3. The minimum atomic E-state index is -1.43. The van der Waals surface area contributed by atoms with E-state index in [1.54, 1.807) is 0 Å². The summed E-state index contributed by atoms with van der Waals surface area (Å²) in [6.07, 6.45) is -0.425. The predicted molar refractivity (Wildman–Crippen MR) is 85.2 cm³/mol. The van der Waals surface area contributed by atoms with Gasteiger partial charge in [0.15, 0.2) is 8.32 Å². The van der Waals surface area contributed by atoms with Crippen molar-refractivity contribution in [2.45, 2.75) is 46.0 Å². The highest BCUT2D eigenvalue weighted by atomic mass is 28.4. The molecule has 0 aliphatic heterocycles. The summed E-state index contributed by atoms with van der Waals surface area (Å²) in [6.45, 7) is 15.0. The molecule has 0 aliphatic carbocycles. The number of carbonyl (C=O) groups excluding carboxylic acids is 1. The zero-order valence-corrected chi connectivity index (χ0v) is 15.3. The highest BCUT2D eigenvalue weighted by Crippen LogP contribution is 2.06. The third-order valence-corrected chi connectivity index (χ3v) is 3.12. The molecular weight excluding hydrogens is 290 g/mol. The Morgan fingerprint density at radius 1 is 0.952 bits per heavy atom. The highest BCUT2D eigenvalue weighted by molar-refractivity contribution is 6.69. The topological polar surface area (TPSA) is 66.0 Å². The quantitative estimate of drug-likeness (QED) is 0.494. The predicted octanol–water partition coefficient (Wildman–Crippen LogP) is 2.40. The first-order chi connectivity index (χ1) is 9.60. The van der Waals surface area contributed by atoms with Crippen LogP contribution in [0.5, 0.6) is 0 Å². The van der Waals surface area contributed by atoms with E-state index in [0.29, 0.717) is 39.6 Å². The second-order valence-electron chi connectivity index (χ2n) is 6.61. The molecule has 6 nitrogen and oxygen atoms in total. The summed E-state index contributed by atoms with van der Waals surface area (Å²) >= 11 is 0. The largest absolute Gasteiger partial charge is 0.444 e. The van der Waals surface area contributed by atoms with E-state index in [1.165, 1.54) is 0 Å². The Balaban J connectivity index is 3.28. The van der Waals surface area contributed by atoms with Crippen molar-refractivity contribution in [3.63, 3.8) is 0 Å². The lowest BCUT2D eigenvalue weighted by atomic mass is 10.2. The maximum absolute atomic E-state index is 11.3. The van der Waals surface area contributed by atoms with Crippen LogP contribution in [-0.2, 0) is 18.6 Å². The average Bonchev–Trinajstić information content (AvgIpc) is 2.27. The van der Waals surface area contributed by atoms with Gasteiger partial charge in [0, 0.05) is 6.54 Å². The van der Waals surface area contributed by atoms with Crippen LogP contribution in [0, 0.1) is 0 Å². The van der Waals surface area contributed by atoms with Crippen LogP contribution in [0.1, 0.15) is 20.8 Å². The van der Waals surface area contributed by atoms with Crippen molar-refractivity contribution in [2.75, 3.05) is 39.6 Å². The molecule has 0 unspecified atom stereocenters. The fraction of sp³-hybridized carbons (Fsp3) is 0.929. The zero-order chi connectivity index (χ0) is 16.4. The van der Waals surface area contributed by atoms with E-state index in [9.17, 15) is 4.79 Å². The number of amides is 1. The maximum atomic E-state index is 11.3. The van der Waals surface area contributed by atoms with E-state index in [1.807, 2.05) is 20.8 Å². The minimum Gasteiger partial charge on any atom is -0.444 e. The fourth-order valence-corrected chi connectivity index (χ4v) is 1.96. The molecule has 0 radical (unpaired) electrons. The molecule has 7 heteroatoms. The molecule has 0 rings (SSSR count). The maximum Gasteiger partial charge on any atom is 0.407 e. The van der Waals surface area contributed by atoms with Crippen molar-refractivity contribution in [1.29, 1.82) is 0 Å². The van der Waals surface area contributed by atoms with E-state index in [0.717, 1.165) is 0 Å². The van der Waals surface area contributed by atoms with Gasteiger partial charge in [0.2, 0.25) is 0 Å². The van der Waals surface area contributed by atoms with Crippen molar-refractivity contribution in [3.05, 3.63) is 0 Å². The van der Waals surface area contributed by atoms with Gasteiger partial charge in [0.1, 0.15) is 5.60 Å². The summed E-state index contributed by atoms with van der Waals surface area (Å²) in [4.78, 5) is 11.3. The van der Waals surface area contributed by atoms with E-state index < -0.39 is 20.0 Å². The van der Waals surface area contributed by atoms with E-state index in [4.69, 9.17) is 18.6 Å². The second-order valence-corrected chi connectivity index (χ2v) is 11.1. The number of nitrogens with one attached hydrogen (secondary N) is 1. The van der Waals surface area contributed by atoms with Crippen molar-refractivity contribution < 1.29 is 23.4 Å². The Kier molecular flexibility index (Phi) is 9.85. The number of rotatable bonds is 10. The Labute approximate surface area is 129 Å². The van der Waals surface area contributed by atoms with Crippen molar-refractivity contribution in [1.82, 2.24) is 5.32 Å². The highest BCUT2D eigenvalue weighted by Gasteiger charge is 2.15. The van der Waals surface area contributed by atoms with Gasteiger partial charge in [-0.1, -0.05) is 0 Å². The van der Waals surface area contributed by atoms with E-state index in [2.05, 4.69) is 25.0 Å². The molecule has 0 spiro atoms. The summed E-state index contributed by atoms with van der Waals surface area (Å²) in [6, 6.07) is 0. The van der Waals surface area contributed by atoms with Crippen LogP contribution in [0.25, 0.3) is 0 Å². The zero-order valence-electron chi connectivity index (χ0n) is 14.3. The number of ether oxygens (including phenoxy) is 3. The third-order valence-electron chi connectivity index (χ3n) is 2.05. The van der Waals surface area contributed by atoms with Gasteiger partial charge in [0.05, 0.1) is 33.0 Å². The molecule has 0 atom stereocenters. The Morgan fingerprint density at radius 3 is 2.00 bits per heavy atom. The summed E-state index contributed by atoms with van der Waals surface area (Å²) in [5.74, 6) is 0. The molecular formula is C14H31NO5Si. The van der Waals surface area contributed by atoms with Crippen LogP contribution >= 0.6 is 0 Å². The summed E-state index contributed by atoms with van der Waals surface area (Å²) < 4.78 is 21.5. The molecule has 1 N–H and O–H groups in total. The Hall–Kier alpha value is -0.633. The van der Waals surface area contributed by atoms with Crippen LogP contribution in [0.3, 0.4) is 0 Å². The monoisotopic (exact) mass is 321 g/mol. The number of alkyl carbamates (subject to hydrolysis) is 1.